The molecule has 0 spiro atoms. The monoisotopic (exact) mass is 505 g/mol. The van der Waals surface area contributed by atoms with Crippen LogP contribution in [0.2, 0.25) is 0 Å². The van der Waals surface area contributed by atoms with Gasteiger partial charge in [-0.3, -0.25) is 4.84 Å². The standard InChI is InChI=1S/C30H51NO5/c1-9-29(10-2)22-30(34-17-23(3)4,35-18-24(5)6)21-28(7,8)31(29)36-16-15-25-11-13-26(14-12-25)32-19-27-20-33-27/h11-14,23-24,27H,9-10,15-22H2,1-8H3. The van der Waals surface area contributed by atoms with Crippen molar-refractivity contribution in [2.75, 3.05) is 33.0 Å². The van der Waals surface area contributed by atoms with Gasteiger partial charge in [-0.05, 0) is 62.6 Å². The second-order valence-corrected chi connectivity index (χ2v) is 12.2. The average Bonchev–Trinajstić information content (AvgIpc) is 3.66. The number of hydroxylamine groups is 2. The molecule has 2 aliphatic rings. The second-order valence-electron chi connectivity index (χ2n) is 12.2. The third-order valence-electron chi connectivity index (χ3n) is 7.33. The van der Waals surface area contributed by atoms with Gasteiger partial charge in [-0.2, -0.15) is 5.06 Å². The van der Waals surface area contributed by atoms with Crippen LogP contribution in [0, 0.1) is 11.8 Å². The largest absolute Gasteiger partial charge is 0.491 e. The quantitative estimate of drug-likeness (QED) is 0.203. The van der Waals surface area contributed by atoms with Crippen molar-refractivity contribution < 1.29 is 23.8 Å². The van der Waals surface area contributed by atoms with Crippen LogP contribution in [-0.4, -0.2) is 61.1 Å². The summed E-state index contributed by atoms with van der Waals surface area (Å²) in [5, 5.41) is 2.29. The lowest BCUT2D eigenvalue weighted by Gasteiger charge is -2.59. The summed E-state index contributed by atoms with van der Waals surface area (Å²) in [4.78, 5) is 6.64. The van der Waals surface area contributed by atoms with Gasteiger partial charge in [0.2, 0.25) is 0 Å². The molecule has 1 unspecified atom stereocenters. The lowest BCUT2D eigenvalue weighted by atomic mass is 9.73. The molecule has 0 N–H and O–H groups in total. The summed E-state index contributed by atoms with van der Waals surface area (Å²) in [6.07, 6.45) is 4.66. The van der Waals surface area contributed by atoms with Crippen molar-refractivity contribution in [2.24, 2.45) is 11.8 Å². The fourth-order valence-corrected chi connectivity index (χ4v) is 5.35. The summed E-state index contributed by atoms with van der Waals surface area (Å²) >= 11 is 0. The normalized spacial score (nSPS) is 22.8. The highest BCUT2D eigenvalue weighted by atomic mass is 16.7. The predicted molar refractivity (Wildman–Crippen MR) is 144 cm³/mol. The fourth-order valence-electron chi connectivity index (χ4n) is 5.35. The van der Waals surface area contributed by atoms with Gasteiger partial charge < -0.3 is 18.9 Å². The molecular weight excluding hydrogens is 454 g/mol. The van der Waals surface area contributed by atoms with Gasteiger partial charge in [-0.15, -0.1) is 0 Å². The SMILES string of the molecule is CCC1(CC)CC(OCC(C)C)(OCC(C)C)CC(C)(C)N1OCCc1ccc(OCC2CO2)cc1. The van der Waals surface area contributed by atoms with Crippen molar-refractivity contribution in [1.29, 1.82) is 0 Å². The van der Waals surface area contributed by atoms with E-state index in [2.05, 4.69) is 72.6 Å². The number of nitrogens with zero attached hydrogens (tertiary/aromatic N) is 1. The molecule has 0 radical (unpaired) electrons. The molecule has 36 heavy (non-hydrogen) atoms. The zero-order valence-corrected chi connectivity index (χ0v) is 24.1. The maximum Gasteiger partial charge on any atom is 0.171 e. The van der Waals surface area contributed by atoms with Crippen LogP contribution in [0.4, 0.5) is 0 Å². The van der Waals surface area contributed by atoms with E-state index in [0.717, 1.165) is 44.5 Å². The van der Waals surface area contributed by atoms with E-state index in [4.69, 9.17) is 23.8 Å². The molecule has 1 atom stereocenters. The molecule has 2 fully saturated rings. The Morgan fingerprint density at radius 1 is 0.944 bits per heavy atom. The van der Waals surface area contributed by atoms with Crippen molar-refractivity contribution in [3.63, 3.8) is 0 Å². The predicted octanol–water partition coefficient (Wildman–Crippen LogP) is 6.41. The van der Waals surface area contributed by atoms with Crippen LogP contribution in [0.3, 0.4) is 0 Å². The molecule has 2 saturated heterocycles. The highest BCUT2D eigenvalue weighted by Gasteiger charge is 2.57. The van der Waals surface area contributed by atoms with E-state index < -0.39 is 5.79 Å². The lowest BCUT2D eigenvalue weighted by Crippen LogP contribution is -2.68. The zero-order chi connectivity index (χ0) is 26.4. The summed E-state index contributed by atoms with van der Waals surface area (Å²) in [5.41, 5.74) is 0.854. The molecule has 6 nitrogen and oxygen atoms in total. The summed E-state index contributed by atoms with van der Waals surface area (Å²) in [5.74, 6) is 1.21. The Hall–Kier alpha value is -1.18. The van der Waals surface area contributed by atoms with Crippen LogP contribution in [0.5, 0.6) is 5.75 Å². The average molecular weight is 506 g/mol. The smallest absolute Gasteiger partial charge is 0.171 e. The summed E-state index contributed by atoms with van der Waals surface area (Å²) in [7, 11) is 0. The maximum absolute atomic E-state index is 6.64. The van der Waals surface area contributed by atoms with E-state index in [-0.39, 0.29) is 17.2 Å². The fraction of sp³-hybridized carbons (Fsp3) is 0.800. The summed E-state index contributed by atoms with van der Waals surface area (Å²) < 4.78 is 24.2. The van der Waals surface area contributed by atoms with Crippen LogP contribution in [0.25, 0.3) is 0 Å². The molecule has 0 aliphatic carbocycles. The van der Waals surface area contributed by atoms with Crippen LogP contribution in [-0.2, 0) is 25.5 Å². The molecule has 3 rings (SSSR count). The van der Waals surface area contributed by atoms with Gasteiger partial charge in [-0.25, -0.2) is 0 Å². The minimum absolute atomic E-state index is 0.154. The molecule has 0 saturated carbocycles. The molecule has 206 valence electrons. The molecule has 1 aromatic carbocycles. The summed E-state index contributed by atoms with van der Waals surface area (Å²) in [6, 6.07) is 8.34. The van der Waals surface area contributed by atoms with Crippen LogP contribution < -0.4 is 4.74 Å². The van der Waals surface area contributed by atoms with Crippen molar-refractivity contribution in [2.45, 2.75) is 110 Å². The van der Waals surface area contributed by atoms with Crippen LogP contribution in [0.15, 0.2) is 24.3 Å². The first kappa shape index (κ1) is 29.4. The number of rotatable bonds is 15. The molecule has 6 heteroatoms. The first-order valence-corrected chi connectivity index (χ1v) is 14.1. The number of ether oxygens (including phenoxy) is 4. The van der Waals surface area contributed by atoms with Crippen molar-refractivity contribution in [1.82, 2.24) is 5.06 Å². The van der Waals surface area contributed by atoms with Crippen molar-refractivity contribution >= 4 is 0 Å². The lowest BCUT2D eigenvalue weighted by molar-refractivity contribution is -0.366. The topological polar surface area (TPSA) is 52.7 Å². The van der Waals surface area contributed by atoms with Gasteiger partial charge in [0.15, 0.2) is 5.79 Å². The van der Waals surface area contributed by atoms with E-state index >= 15 is 0 Å². The van der Waals surface area contributed by atoms with E-state index in [1.54, 1.807) is 0 Å². The summed E-state index contributed by atoms with van der Waals surface area (Å²) in [6.45, 7) is 21.4. The highest BCUT2D eigenvalue weighted by Crippen LogP contribution is 2.49. The number of hydrogen-bond acceptors (Lipinski definition) is 6. The Morgan fingerprint density at radius 3 is 2.03 bits per heavy atom. The van der Waals surface area contributed by atoms with E-state index in [0.29, 0.717) is 38.3 Å². The first-order valence-electron chi connectivity index (χ1n) is 14.1. The maximum atomic E-state index is 6.64. The Labute approximate surface area is 219 Å². The van der Waals surface area contributed by atoms with Gasteiger partial charge in [0.1, 0.15) is 18.5 Å². The van der Waals surface area contributed by atoms with Crippen molar-refractivity contribution in [3.8, 4) is 5.75 Å². The van der Waals surface area contributed by atoms with E-state index in [1.807, 2.05) is 12.1 Å². The van der Waals surface area contributed by atoms with Gasteiger partial charge in [0.05, 0.1) is 32.0 Å². The number of hydrogen-bond donors (Lipinski definition) is 0. The molecule has 0 bridgehead atoms. The second kappa shape index (κ2) is 12.6. The number of epoxide rings is 1. The van der Waals surface area contributed by atoms with E-state index in [1.165, 1.54) is 5.56 Å². The Kier molecular flexibility index (Phi) is 10.3. The van der Waals surface area contributed by atoms with Crippen molar-refractivity contribution in [3.05, 3.63) is 29.8 Å². The molecule has 2 aliphatic heterocycles. The molecule has 0 aromatic heterocycles. The molecule has 1 aromatic rings. The van der Waals surface area contributed by atoms with Gasteiger partial charge in [0, 0.05) is 18.4 Å². The zero-order valence-electron chi connectivity index (χ0n) is 24.1. The van der Waals surface area contributed by atoms with Crippen LogP contribution in [0.1, 0.15) is 86.6 Å². The number of benzene rings is 1. The van der Waals surface area contributed by atoms with Gasteiger partial charge >= 0.3 is 0 Å². The molecular formula is C30H51NO5. The minimum Gasteiger partial charge on any atom is -0.491 e. The van der Waals surface area contributed by atoms with E-state index in [9.17, 15) is 0 Å². The number of piperidine rings is 1. The Bertz CT molecular complexity index is 771. The van der Waals surface area contributed by atoms with Crippen LogP contribution >= 0.6 is 0 Å². The third kappa shape index (κ3) is 7.91. The molecule has 2 heterocycles. The highest BCUT2D eigenvalue weighted by molar-refractivity contribution is 5.27. The minimum atomic E-state index is -0.592. The van der Waals surface area contributed by atoms with Gasteiger partial charge in [-0.1, -0.05) is 53.7 Å². The third-order valence-corrected chi connectivity index (χ3v) is 7.33. The van der Waals surface area contributed by atoms with Gasteiger partial charge in [0.25, 0.3) is 0 Å². The Balaban J connectivity index is 1.68. The molecule has 0 amide bonds. The first-order chi connectivity index (χ1) is 17.0. The Morgan fingerprint density at radius 2 is 1.53 bits per heavy atom.